The van der Waals surface area contributed by atoms with Crippen LogP contribution in [0.5, 0.6) is 17.2 Å². The molecule has 1 aliphatic rings. The standard InChI is InChI=1S/C36H31BrN4O10S/c1-5-48-28-16-24(11-12-27(28)50-19-30(42)47-4)32-31(35(44)49-6-2)20(3)39-36-40(32)34(43)29(52-36)15-23-13-25(37)33(26(14-23)41(45)46)51-18-22-9-7-21(17-38)8-10-22/h7-16,32H,5-6,18-19H2,1-4H3/b29-15+/t32-/m0/s1. The number of carbonyl (C=O) groups excluding carboxylic acids is 2. The summed E-state index contributed by atoms with van der Waals surface area (Å²) in [5.74, 6) is -0.750. The highest BCUT2D eigenvalue weighted by Crippen LogP contribution is 2.38. The van der Waals surface area contributed by atoms with Crippen LogP contribution in [-0.4, -0.2) is 48.4 Å². The first-order chi connectivity index (χ1) is 25.0. The van der Waals surface area contributed by atoms with Gasteiger partial charge in [0, 0.05) is 6.07 Å². The van der Waals surface area contributed by atoms with Gasteiger partial charge in [-0.3, -0.25) is 19.5 Å². The Morgan fingerprint density at radius 3 is 2.48 bits per heavy atom. The first-order valence-corrected chi connectivity index (χ1v) is 17.4. The number of nitro groups is 1. The highest BCUT2D eigenvalue weighted by molar-refractivity contribution is 9.10. The third kappa shape index (κ3) is 8.06. The molecule has 268 valence electrons. The lowest BCUT2D eigenvalue weighted by Crippen LogP contribution is -2.40. The smallest absolute Gasteiger partial charge is 0.343 e. The van der Waals surface area contributed by atoms with Gasteiger partial charge in [-0.15, -0.1) is 0 Å². The van der Waals surface area contributed by atoms with Crippen LogP contribution < -0.4 is 29.1 Å². The van der Waals surface area contributed by atoms with Gasteiger partial charge in [-0.05, 0) is 89.8 Å². The van der Waals surface area contributed by atoms with E-state index in [0.717, 1.165) is 11.3 Å². The number of aromatic nitrogens is 1. The lowest BCUT2D eigenvalue weighted by atomic mass is 9.95. The average Bonchev–Trinajstić information content (AvgIpc) is 3.43. The van der Waals surface area contributed by atoms with Crippen LogP contribution in [0.2, 0.25) is 0 Å². The van der Waals surface area contributed by atoms with Crippen LogP contribution in [0.15, 0.2) is 80.1 Å². The van der Waals surface area contributed by atoms with E-state index in [9.17, 15) is 24.5 Å². The number of nitrogens with zero attached hydrogens (tertiary/aromatic N) is 4. The number of thiazole rings is 1. The summed E-state index contributed by atoms with van der Waals surface area (Å²) in [7, 11) is 1.24. The molecule has 2 heterocycles. The first-order valence-electron chi connectivity index (χ1n) is 15.7. The molecule has 3 aromatic carbocycles. The predicted octanol–water partition coefficient (Wildman–Crippen LogP) is 4.87. The van der Waals surface area contributed by atoms with Crippen molar-refractivity contribution < 1.29 is 38.2 Å². The number of carbonyl (C=O) groups is 2. The number of ether oxygens (including phenoxy) is 5. The average molecular weight is 792 g/mol. The number of rotatable bonds is 13. The van der Waals surface area contributed by atoms with Gasteiger partial charge in [0.1, 0.15) is 6.61 Å². The number of halogens is 1. The fourth-order valence-corrected chi connectivity index (χ4v) is 6.96. The number of esters is 2. The Labute approximate surface area is 309 Å². The van der Waals surface area contributed by atoms with Gasteiger partial charge in [0.05, 0.1) is 63.2 Å². The summed E-state index contributed by atoms with van der Waals surface area (Å²) in [6.45, 7) is 5.06. The van der Waals surface area contributed by atoms with Crippen molar-refractivity contribution in [2.75, 3.05) is 26.9 Å². The van der Waals surface area contributed by atoms with Crippen molar-refractivity contribution in [3.8, 4) is 23.3 Å². The van der Waals surface area contributed by atoms with Crippen LogP contribution in [-0.2, 0) is 25.7 Å². The number of benzene rings is 3. The Balaban J connectivity index is 1.59. The molecule has 4 aromatic rings. The summed E-state index contributed by atoms with van der Waals surface area (Å²) in [6.07, 6.45) is 1.50. The Kier molecular flexibility index (Phi) is 11.9. The molecule has 0 saturated carbocycles. The molecule has 1 atom stereocenters. The molecule has 0 saturated heterocycles. The van der Waals surface area contributed by atoms with Gasteiger partial charge in [-0.1, -0.05) is 29.5 Å². The molecular weight excluding hydrogens is 760 g/mol. The number of fused-ring (bicyclic) bond motifs is 1. The fraction of sp³-hybridized carbons (Fsp3) is 0.250. The number of methoxy groups -OCH3 is 1. The maximum absolute atomic E-state index is 14.2. The monoisotopic (exact) mass is 790 g/mol. The Morgan fingerprint density at radius 2 is 1.83 bits per heavy atom. The van der Waals surface area contributed by atoms with Crippen molar-refractivity contribution in [3.63, 3.8) is 0 Å². The molecule has 1 aliphatic heterocycles. The number of nitro benzene ring substituents is 1. The fourth-order valence-electron chi connectivity index (χ4n) is 5.33. The van der Waals surface area contributed by atoms with Crippen molar-refractivity contribution >= 4 is 51.0 Å². The van der Waals surface area contributed by atoms with Crippen LogP contribution in [0, 0.1) is 21.4 Å². The molecule has 0 fully saturated rings. The Bertz CT molecular complexity index is 2310. The van der Waals surface area contributed by atoms with Crippen molar-refractivity contribution in [2.24, 2.45) is 4.99 Å². The zero-order valence-corrected chi connectivity index (χ0v) is 30.7. The summed E-state index contributed by atoms with van der Waals surface area (Å²) < 4.78 is 29.1. The zero-order valence-electron chi connectivity index (χ0n) is 28.3. The van der Waals surface area contributed by atoms with E-state index in [0.29, 0.717) is 28.0 Å². The molecule has 14 nitrogen and oxygen atoms in total. The third-order valence-electron chi connectivity index (χ3n) is 7.68. The molecule has 0 bridgehead atoms. The second kappa shape index (κ2) is 16.5. The Morgan fingerprint density at radius 1 is 1.08 bits per heavy atom. The van der Waals surface area contributed by atoms with Crippen molar-refractivity contribution in [1.82, 2.24) is 4.57 Å². The second-order valence-electron chi connectivity index (χ2n) is 11.0. The number of allylic oxidation sites excluding steroid dienone is 1. The van der Waals surface area contributed by atoms with E-state index in [4.69, 9.17) is 24.2 Å². The van der Waals surface area contributed by atoms with E-state index < -0.39 is 28.5 Å². The van der Waals surface area contributed by atoms with Crippen LogP contribution in [0.25, 0.3) is 6.08 Å². The lowest BCUT2D eigenvalue weighted by molar-refractivity contribution is -0.386. The minimum atomic E-state index is -0.995. The van der Waals surface area contributed by atoms with Crippen LogP contribution in [0.3, 0.4) is 0 Å². The molecule has 0 unspecified atom stereocenters. The summed E-state index contributed by atoms with van der Waals surface area (Å²) in [6, 6.07) is 15.4. The number of hydrogen-bond donors (Lipinski definition) is 0. The maximum atomic E-state index is 14.2. The van der Waals surface area contributed by atoms with E-state index in [1.807, 2.05) is 6.07 Å². The largest absolute Gasteiger partial charge is 0.490 e. The molecule has 16 heteroatoms. The van der Waals surface area contributed by atoms with E-state index in [1.165, 1.54) is 23.8 Å². The number of hydrogen-bond acceptors (Lipinski definition) is 13. The molecule has 0 aliphatic carbocycles. The molecule has 52 heavy (non-hydrogen) atoms. The topological polar surface area (TPSA) is 182 Å². The number of nitriles is 1. The molecule has 0 N–H and O–H groups in total. The van der Waals surface area contributed by atoms with E-state index >= 15 is 0 Å². The normalized spacial score (nSPS) is 13.8. The zero-order chi connectivity index (χ0) is 37.5. The molecule has 5 rings (SSSR count). The van der Waals surface area contributed by atoms with Crippen LogP contribution in [0.4, 0.5) is 5.69 Å². The van der Waals surface area contributed by atoms with Gasteiger partial charge < -0.3 is 23.7 Å². The van der Waals surface area contributed by atoms with Crippen LogP contribution in [0.1, 0.15) is 49.1 Å². The Hall–Kier alpha value is -5.79. The van der Waals surface area contributed by atoms with Gasteiger partial charge in [-0.2, -0.15) is 5.26 Å². The SMILES string of the molecule is CCOC(=O)C1=C(C)N=c2s/c(=C/c3cc(Br)c(OCc4ccc(C#N)cc4)c([N+](=O)[O-])c3)c(=O)n2[C@H]1c1ccc(OCC(=O)OC)c(OCC)c1. The lowest BCUT2D eigenvalue weighted by Gasteiger charge is -2.25. The summed E-state index contributed by atoms with van der Waals surface area (Å²) in [5.41, 5.74) is 1.61. The molecule has 0 radical (unpaired) electrons. The van der Waals surface area contributed by atoms with Crippen molar-refractivity contribution in [1.29, 1.82) is 5.26 Å². The molecule has 0 amide bonds. The van der Waals surface area contributed by atoms with Crippen LogP contribution >= 0.6 is 27.3 Å². The highest BCUT2D eigenvalue weighted by Gasteiger charge is 2.34. The predicted molar refractivity (Wildman–Crippen MR) is 192 cm³/mol. The summed E-state index contributed by atoms with van der Waals surface area (Å²) >= 11 is 4.44. The van der Waals surface area contributed by atoms with E-state index in [2.05, 4.69) is 25.7 Å². The van der Waals surface area contributed by atoms with Gasteiger partial charge in [0.25, 0.3) is 5.56 Å². The first kappa shape index (κ1) is 37.5. The maximum Gasteiger partial charge on any atom is 0.343 e. The van der Waals surface area contributed by atoms with Gasteiger partial charge in [-0.25, -0.2) is 14.6 Å². The van der Waals surface area contributed by atoms with Gasteiger partial charge in [0.2, 0.25) is 5.75 Å². The third-order valence-corrected chi connectivity index (χ3v) is 9.25. The minimum Gasteiger partial charge on any atom is -0.490 e. The quantitative estimate of drug-likeness (QED) is 0.102. The van der Waals surface area contributed by atoms with Crippen molar-refractivity contribution in [2.45, 2.75) is 33.4 Å². The van der Waals surface area contributed by atoms with E-state index in [-0.39, 0.29) is 68.7 Å². The van der Waals surface area contributed by atoms with Crippen molar-refractivity contribution in [3.05, 3.63) is 122 Å². The molecule has 0 spiro atoms. The van der Waals surface area contributed by atoms with Gasteiger partial charge in [0.15, 0.2) is 22.9 Å². The van der Waals surface area contributed by atoms with Gasteiger partial charge >= 0.3 is 17.6 Å². The van der Waals surface area contributed by atoms with E-state index in [1.54, 1.807) is 69.3 Å². The highest BCUT2D eigenvalue weighted by atomic mass is 79.9. The molecule has 1 aromatic heterocycles. The summed E-state index contributed by atoms with van der Waals surface area (Å²) in [5, 5.41) is 21.2. The minimum absolute atomic E-state index is 0.00760. The second-order valence-corrected chi connectivity index (χ2v) is 12.9. The molecular formula is C36H31BrN4O10S. The summed E-state index contributed by atoms with van der Waals surface area (Å²) in [4.78, 5) is 55.8.